The van der Waals surface area contributed by atoms with Crippen LogP contribution in [0.3, 0.4) is 0 Å². The van der Waals surface area contributed by atoms with Gasteiger partial charge in [-0.3, -0.25) is 9.79 Å². The normalized spacial score (nSPS) is 14.5. The van der Waals surface area contributed by atoms with Gasteiger partial charge in [0.25, 0.3) is 5.91 Å². The third-order valence-electron chi connectivity index (χ3n) is 5.48. The molecule has 7 nitrogen and oxygen atoms in total. The van der Waals surface area contributed by atoms with Crippen LogP contribution in [0.2, 0.25) is 0 Å². The number of carbonyl (C=O) groups is 1. The summed E-state index contributed by atoms with van der Waals surface area (Å²) in [7, 11) is 5.79. The van der Waals surface area contributed by atoms with E-state index in [0.29, 0.717) is 18.7 Å². The summed E-state index contributed by atoms with van der Waals surface area (Å²) in [6, 6.07) is 17.7. The Morgan fingerprint density at radius 3 is 2.48 bits per heavy atom. The molecule has 1 heterocycles. The Bertz CT molecular complexity index is 883. The summed E-state index contributed by atoms with van der Waals surface area (Å²) < 4.78 is 6.10. The highest BCUT2D eigenvalue weighted by Gasteiger charge is 2.22. The number of hydrogen-bond acceptors (Lipinski definition) is 4. The molecule has 0 atom stereocenters. The lowest BCUT2D eigenvalue weighted by atomic mass is 10.1. The standard InChI is InChI=1S/C25H35N5O2.HI/c1-26-25(30-15-12-23(13-16-30)32-22-10-5-4-6-11-22)28-19-20-8-7-9-21(18-20)24(31)27-14-17-29(2)3;/h4-11,18,23H,12-17,19H2,1-3H3,(H,26,28)(H,27,31);1H. The van der Waals surface area contributed by atoms with Crippen LogP contribution in [0.15, 0.2) is 59.6 Å². The number of benzene rings is 2. The molecule has 0 aromatic heterocycles. The van der Waals surface area contributed by atoms with Crippen molar-refractivity contribution in [3.05, 3.63) is 65.7 Å². The zero-order chi connectivity index (χ0) is 22.8. The maximum Gasteiger partial charge on any atom is 0.251 e. The second kappa shape index (κ2) is 14.0. The predicted octanol–water partition coefficient (Wildman–Crippen LogP) is 3.21. The van der Waals surface area contributed by atoms with Crippen molar-refractivity contribution >= 4 is 35.8 Å². The molecule has 1 aliphatic rings. The molecule has 1 amide bonds. The minimum atomic E-state index is -0.0430. The van der Waals surface area contributed by atoms with E-state index in [1.165, 1.54) is 0 Å². The van der Waals surface area contributed by atoms with Crippen LogP contribution in [-0.4, -0.2) is 75.1 Å². The second-order valence-corrected chi connectivity index (χ2v) is 8.28. The number of nitrogens with zero attached hydrogens (tertiary/aromatic N) is 3. The summed E-state index contributed by atoms with van der Waals surface area (Å²) in [5.74, 6) is 1.77. The monoisotopic (exact) mass is 565 g/mol. The van der Waals surface area contributed by atoms with Gasteiger partial charge in [0.1, 0.15) is 11.9 Å². The van der Waals surface area contributed by atoms with Gasteiger partial charge in [-0.2, -0.15) is 0 Å². The summed E-state index contributed by atoms with van der Waals surface area (Å²) in [6.07, 6.45) is 2.14. The molecule has 1 fully saturated rings. The van der Waals surface area contributed by atoms with Crippen molar-refractivity contribution in [2.24, 2.45) is 4.99 Å². The van der Waals surface area contributed by atoms with Crippen molar-refractivity contribution in [1.82, 2.24) is 20.4 Å². The molecule has 180 valence electrons. The first-order valence-electron chi connectivity index (χ1n) is 11.2. The highest BCUT2D eigenvalue weighted by Crippen LogP contribution is 2.18. The third kappa shape index (κ3) is 8.85. The average molecular weight is 566 g/mol. The molecule has 1 aliphatic heterocycles. The minimum Gasteiger partial charge on any atom is -0.490 e. The number of ether oxygens (including phenoxy) is 1. The molecule has 0 radical (unpaired) electrons. The molecular weight excluding hydrogens is 529 g/mol. The van der Waals surface area contributed by atoms with Crippen LogP contribution in [0.5, 0.6) is 5.75 Å². The van der Waals surface area contributed by atoms with E-state index in [2.05, 4.69) is 20.5 Å². The fraction of sp³-hybridized carbons (Fsp3) is 0.440. The first-order valence-corrected chi connectivity index (χ1v) is 11.2. The van der Waals surface area contributed by atoms with Gasteiger partial charge in [-0.05, 0) is 43.9 Å². The van der Waals surface area contributed by atoms with E-state index >= 15 is 0 Å². The van der Waals surface area contributed by atoms with Crippen LogP contribution < -0.4 is 15.4 Å². The lowest BCUT2D eigenvalue weighted by Crippen LogP contribution is -2.47. The highest BCUT2D eigenvalue weighted by atomic mass is 127. The fourth-order valence-electron chi connectivity index (χ4n) is 3.71. The molecule has 0 saturated carbocycles. The number of para-hydroxylation sites is 1. The molecule has 0 bridgehead atoms. The largest absolute Gasteiger partial charge is 0.490 e. The first kappa shape index (κ1) is 26.9. The van der Waals surface area contributed by atoms with E-state index in [1.807, 2.05) is 80.6 Å². The van der Waals surface area contributed by atoms with Crippen LogP contribution in [0.4, 0.5) is 0 Å². The lowest BCUT2D eigenvalue weighted by molar-refractivity contribution is 0.0951. The van der Waals surface area contributed by atoms with Gasteiger partial charge in [0.2, 0.25) is 0 Å². The molecule has 33 heavy (non-hydrogen) atoms. The van der Waals surface area contributed by atoms with Gasteiger partial charge in [-0.25, -0.2) is 0 Å². The van der Waals surface area contributed by atoms with Crippen LogP contribution in [0, 0.1) is 0 Å². The number of rotatable bonds is 8. The Kier molecular flexibility index (Phi) is 11.5. The lowest BCUT2D eigenvalue weighted by Gasteiger charge is -2.34. The van der Waals surface area contributed by atoms with Gasteiger partial charge in [0.05, 0.1) is 0 Å². The summed E-state index contributed by atoms with van der Waals surface area (Å²) in [5, 5.41) is 6.40. The van der Waals surface area contributed by atoms with Crippen LogP contribution in [-0.2, 0) is 6.54 Å². The van der Waals surface area contributed by atoms with E-state index in [1.54, 1.807) is 0 Å². The number of nitrogens with one attached hydrogen (secondary N) is 2. The number of amides is 1. The van der Waals surface area contributed by atoms with Crippen molar-refractivity contribution in [1.29, 1.82) is 0 Å². The predicted molar refractivity (Wildman–Crippen MR) is 145 cm³/mol. The maximum atomic E-state index is 12.4. The topological polar surface area (TPSA) is 69.2 Å². The number of halogens is 1. The third-order valence-corrected chi connectivity index (χ3v) is 5.48. The van der Waals surface area contributed by atoms with E-state index in [4.69, 9.17) is 4.74 Å². The molecule has 2 N–H and O–H groups in total. The molecule has 0 aliphatic carbocycles. The SMILES string of the molecule is CN=C(NCc1cccc(C(=O)NCCN(C)C)c1)N1CCC(Oc2ccccc2)CC1.I. The van der Waals surface area contributed by atoms with Gasteiger partial charge in [0, 0.05) is 58.2 Å². The Hall–Kier alpha value is -2.33. The van der Waals surface area contributed by atoms with E-state index in [9.17, 15) is 4.79 Å². The molecule has 3 rings (SSSR count). The van der Waals surface area contributed by atoms with Gasteiger partial charge >= 0.3 is 0 Å². The molecule has 2 aromatic carbocycles. The van der Waals surface area contributed by atoms with E-state index in [0.717, 1.165) is 49.7 Å². The van der Waals surface area contributed by atoms with Gasteiger partial charge in [0.15, 0.2) is 5.96 Å². The van der Waals surface area contributed by atoms with Crippen molar-refractivity contribution in [2.45, 2.75) is 25.5 Å². The number of guanidine groups is 1. The van der Waals surface area contributed by atoms with Crippen molar-refractivity contribution in [2.75, 3.05) is 47.3 Å². The fourth-order valence-corrected chi connectivity index (χ4v) is 3.71. The quantitative estimate of drug-likeness (QED) is 0.293. The van der Waals surface area contributed by atoms with Crippen molar-refractivity contribution in [3.63, 3.8) is 0 Å². The number of carbonyl (C=O) groups excluding carboxylic acids is 1. The van der Waals surface area contributed by atoms with E-state index < -0.39 is 0 Å². The van der Waals surface area contributed by atoms with Crippen molar-refractivity contribution < 1.29 is 9.53 Å². The second-order valence-electron chi connectivity index (χ2n) is 8.28. The summed E-state index contributed by atoms with van der Waals surface area (Å²) in [6.45, 7) is 3.85. The van der Waals surface area contributed by atoms with Crippen LogP contribution in [0.1, 0.15) is 28.8 Å². The summed E-state index contributed by atoms with van der Waals surface area (Å²) in [5.41, 5.74) is 1.73. The first-order chi connectivity index (χ1) is 15.5. The van der Waals surface area contributed by atoms with Crippen LogP contribution >= 0.6 is 24.0 Å². The van der Waals surface area contributed by atoms with Gasteiger partial charge in [-0.1, -0.05) is 30.3 Å². The molecular formula is C25H36IN5O2. The average Bonchev–Trinajstić information content (AvgIpc) is 2.81. The molecule has 1 saturated heterocycles. The number of piperidine rings is 1. The number of likely N-dealkylation sites (N-methyl/N-ethyl adjacent to an activating group) is 1. The Morgan fingerprint density at radius 2 is 1.82 bits per heavy atom. The van der Waals surface area contributed by atoms with Gasteiger partial charge < -0.3 is 25.2 Å². The smallest absolute Gasteiger partial charge is 0.251 e. The molecule has 2 aromatic rings. The van der Waals surface area contributed by atoms with Crippen molar-refractivity contribution in [3.8, 4) is 5.75 Å². The number of aliphatic imine (C=N–C) groups is 1. The summed E-state index contributed by atoms with van der Waals surface area (Å²) in [4.78, 5) is 21.2. The molecule has 8 heteroatoms. The van der Waals surface area contributed by atoms with Gasteiger partial charge in [-0.15, -0.1) is 24.0 Å². The molecule has 0 unspecified atom stereocenters. The molecule has 0 spiro atoms. The van der Waals surface area contributed by atoms with E-state index in [-0.39, 0.29) is 36.0 Å². The maximum absolute atomic E-state index is 12.4. The Labute approximate surface area is 214 Å². The number of hydrogen-bond donors (Lipinski definition) is 2. The zero-order valence-electron chi connectivity index (χ0n) is 19.8. The minimum absolute atomic E-state index is 0. The number of likely N-dealkylation sites (tertiary alicyclic amines) is 1. The Morgan fingerprint density at radius 1 is 1.09 bits per heavy atom. The zero-order valence-corrected chi connectivity index (χ0v) is 22.1. The summed E-state index contributed by atoms with van der Waals surface area (Å²) >= 11 is 0. The van der Waals surface area contributed by atoms with Crippen LogP contribution in [0.25, 0.3) is 0 Å². The highest BCUT2D eigenvalue weighted by molar-refractivity contribution is 14.0. The Balaban J connectivity index is 0.00000385.